The van der Waals surface area contributed by atoms with E-state index in [0.717, 1.165) is 27.4 Å². The largest absolute Gasteiger partial charge is 0.367 e. The molecule has 1 aliphatic heterocycles. The summed E-state index contributed by atoms with van der Waals surface area (Å²) in [7, 11) is -3.37. The van der Waals surface area contributed by atoms with Crippen molar-refractivity contribution in [2.75, 3.05) is 18.4 Å². The summed E-state index contributed by atoms with van der Waals surface area (Å²) in [6.45, 7) is 4.28. The van der Waals surface area contributed by atoms with Gasteiger partial charge in [0, 0.05) is 59.5 Å². The number of aromatic nitrogens is 3. The minimum atomic E-state index is -3.37. The summed E-state index contributed by atoms with van der Waals surface area (Å²) in [5.41, 5.74) is 1.94. The van der Waals surface area contributed by atoms with E-state index in [-0.39, 0.29) is 6.04 Å². The van der Waals surface area contributed by atoms with Crippen molar-refractivity contribution in [2.24, 2.45) is 0 Å². The summed E-state index contributed by atoms with van der Waals surface area (Å²) < 4.78 is 25.3. The Morgan fingerprint density at radius 1 is 1.17 bits per heavy atom. The number of hydrogen-bond acceptors (Lipinski definition) is 7. The van der Waals surface area contributed by atoms with Crippen LogP contribution in [0.3, 0.4) is 0 Å². The summed E-state index contributed by atoms with van der Waals surface area (Å²) in [5, 5.41) is 15.2. The van der Waals surface area contributed by atoms with Gasteiger partial charge in [0.05, 0.1) is 5.69 Å². The van der Waals surface area contributed by atoms with Crippen LogP contribution in [-0.2, 0) is 10.0 Å². The molecule has 1 saturated heterocycles. The summed E-state index contributed by atoms with van der Waals surface area (Å²) in [4.78, 5) is 13.1. The van der Waals surface area contributed by atoms with E-state index in [9.17, 15) is 8.42 Å². The van der Waals surface area contributed by atoms with Crippen LogP contribution in [0.25, 0.3) is 22.0 Å². The second kappa shape index (κ2) is 8.18. The number of sulfonamides is 1. The Morgan fingerprint density at radius 2 is 1.97 bits per heavy atom. The molecule has 0 spiro atoms. The Hall–Kier alpha value is -3.35. The molecule has 1 fully saturated rings. The maximum Gasteiger partial charge on any atom is 0.235 e. The molecule has 8 nitrogen and oxygen atoms in total. The lowest BCUT2D eigenvalue weighted by Crippen LogP contribution is -2.41. The van der Waals surface area contributed by atoms with Gasteiger partial charge in [0.2, 0.25) is 10.0 Å². The molecule has 1 N–H and O–H groups in total. The fourth-order valence-electron chi connectivity index (χ4n) is 3.54. The van der Waals surface area contributed by atoms with E-state index in [1.165, 1.54) is 4.31 Å². The average molecular weight is 420 g/mol. The van der Waals surface area contributed by atoms with E-state index in [1.54, 1.807) is 24.7 Å². The molecule has 0 unspecified atom stereocenters. The fraction of sp³-hybridized carbons (Fsp3) is 0.238. The minimum absolute atomic E-state index is 0.128. The molecule has 0 aliphatic carbocycles. The van der Waals surface area contributed by atoms with Crippen molar-refractivity contribution in [3.05, 3.63) is 60.5 Å². The molecule has 30 heavy (non-hydrogen) atoms. The fourth-order valence-corrected chi connectivity index (χ4v) is 4.47. The van der Waals surface area contributed by atoms with E-state index >= 15 is 0 Å². The van der Waals surface area contributed by atoms with Gasteiger partial charge in [-0.05, 0) is 37.1 Å². The van der Waals surface area contributed by atoms with Crippen LogP contribution < -0.4 is 5.32 Å². The predicted octanol–water partition coefficient (Wildman–Crippen LogP) is 2.91. The van der Waals surface area contributed by atoms with Gasteiger partial charge in [0.25, 0.3) is 0 Å². The van der Waals surface area contributed by atoms with Gasteiger partial charge in [-0.3, -0.25) is 4.98 Å². The van der Waals surface area contributed by atoms with Gasteiger partial charge in [-0.1, -0.05) is 6.58 Å². The standard InChI is InChI=1S/C21H20N6O2S/c1-2-30(28,29)27-9-6-17(7-10-27)26-20-11-19-15(13-25-20)5-8-23-21(19)16-3-4-18(12-22)24-14-16/h2-5,8,11,13-14,17H,1,6-7,9-10H2,(H,25,26). The van der Waals surface area contributed by atoms with Gasteiger partial charge in [-0.2, -0.15) is 9.57 Å². The van der Waals surface area contributed by atoms with E-state index in [2.05, 4.69) is 26.8 Å². The number of fused-ring (bicyclic) bond motifs is 1. The zero-order valence-corrected chi connectivity index (χ0v) is 17.0. The molecule has 3 aromatic heterocycles. The van der Waals surface area contributed by atoms with Crippen molar-refractivity contribution in [1.29, 1.82) is 5.26 Å². The summed E-state index contributed by atoms with van der Waals surface area (Å²) in [5.74, 6) is 0.711. The second-order valence-corrected chi connectivity index (χ2v) is 8.90. The first kappa shape index (κ1) is 19.9. The molecular formula is C21H20N6O2S. The molecule has 9 heteroatoms. The van der Waals surface area contributed by atoms with Gasteiger partial charge in [-0.25, -0.2) is 18.4 Å². The molecule has 152 valence electrons. The Morgan fingerprint density at radius 3 is 2.63 bits per heavy atom. The van der Waals surface area contributed by atoms with Crippen molar-refractivity contribution in [1.82, 2.24) is 19.3 Å². The lowest BCUT2D eigenvalue weighted by atomic mass is 10.1. The Kier molecular flexibility index (Phi) is 5.44. The summed E-state index contributed by atoms with van der Waals surface area (Å²) in [6, 6.07) is 9.48. The first-order valence-corrected chi connectivity index (χ1v) is 11.0. The number of pyridine rings is 3. The van der Waals surface area contributed by atoms with Crippen LogP contribution in [0.1, 0.15) is 18.5 Å². The Labute approximate surface area is 175 Å². The van der Waals surface area contributed by atoms with E-state index in [0.29, 0.717) is 37.4 Å². The zero-order chi connectivity index (χ0) is 21.1. The molecule has 0 aromatic carbocycles. The highest BCUT2D eigenvalue weighted by molar-refractivity contribution is 7.92. The van der Waals surface area contributed by atoms with E-state index in [4.69, 9.17) is 5.26 Å². The van der Waals surface area contributed by atoms with Crippen molar-refractivity contribution < 1.29 is 8.42 Å². The van der Waals surface area contributed by atoms with Gasteiger partial charge in [0.15, 0.2) is 0 Å². The minimum Gasteiger partial charge on any atom is -0.367 e. The normalized spacial score (nSPS) is 15.6. The number of anilines is 1. The number of hydrogen-bond donors (Lipinski definition) is 1. The number of piperidine rings is 1. The van der Waals surface area contributed by atoms with Crippen LogP contribution in [0.2, 0.25) is 0 Å². The van der Waals surface area contributed by atoms with Crippen molar-refractivity contribution in [3.8, 4) is 17.3 Å². The SMILES string of the molecule is C=CS(=O)(=O)N1CCC(Nc2cc3c(-c4ccc(C#N)nc4)nccc3cn2)CC1. The quantitative estimate of drug-likeness (QED) is 0.675. The molecule has 0 saturated carbocycles. The first-order valence-electron chi connectivity index (χ1n) is 9.50. The maximum absolute atomic E-state index is 11.9. The number of nitriles is 1. The maximum atomic E-state index is 11.9. The molecule has 0 atom stereocenters. The second-order valence-electron chi connectivity index (χ2n) is 7.02. The van der Waals surface area contributed by atoms with Crippen molar-refractivity contribution in [3.63, 3.8) is 0 Å². The molecular weight excluding hydrogens is 400 g/mol. The number of nitrogens with one attached hydrogen (secondary N) is 1. The third-order valence-corrected chi connectivity index (χ3v) is 6.68. The molecule has 0 bridgehead atoms. The zero-order valence-electron chi connectivity index (χ0n) is 16.2. The van der Waals surface area contributed by atoms with Gasteiger partial charge >= 0.3 is 0 Å². The highest BCUT2D eigenvalue weighted by atomic mass is 32.2. The van der Waals surface area contributed by atoms with Crippen LogP contribution in [0.15, 0.2) is 54.8 Å². The van der Waals surface area contributed by atoms with E-state index < -0.39 is 10.0 Å². The number of nitrogens with zero attached hydrogens (tertiary/aromatic N) is 5. The Bertz CT molecular complexity index is 1230. The van der Waals surface area contributed by atoms with E-state index in [1.807, 2.05) is 24.3 Å². The van der Waals surface area contributed by atoms with Crippen molar-refractivity contribution >= 4 is 26.6 Å². The summed E-state index contributed by atoms with van der Waals surface area (Å²) in [6.07, 6.45) is 6.53. The van der Waals surface area contributed by atoms with Crippen LogP contribution >= 0.6 is 0 Å². The number of rotatable bonds is 5. The van der Waals surface area contributed by atoms with Crippen molar-refractivity contribution in [2.45, 2.75) is 18.9 Å². The van der Waals surface area contributed by atoms with Gasteiger partial charge < -0.3 is 5.32 Å². The summed E-state index contributed by atoms with van der Waals surface area (Å²) >= 11 is 0. The molecule has 0 amide bonds. The van der Waals surface area contributed by atoms with Crippen LogP contribution in [0.5, 0.6) is 0 Å². The monoisotopic (exact) mass is 420 g/mol. The Balaban J connectivity index is 1.56. The van der Waals surface area contributed by atoms with Crippen LogP contribution in [0, 0.1) is 11.3 Å². The molecule has 1 aliphatic rings. The lowest BCUT2D eigenvalue weighted by molar-refractivity contribution is 0.333. The molecule has 4 rings (SSSR count). The highest BCUT2D eigenvalue weighted by Crippen LogP contribution is 2.28. The third-order valence-electron chi connectivity index (χ3n) is 5.18. The lowest BCUT2D eigenvalue weighted by Gasteiger charge is -2.31. The first-order chi connectivity index (χ1) is 14.5. The highest BCUT2D eigenvalue weighted by Gasteiger charge is 2.26. The van der Waals surface area contributed by atoms with Gasteiger partial charge in [-0.15, -0.1) is 0 Å². The van der Waals surface area contributed by atoms with Crippen LogP contribution in [-0.4, -0.2) is 46.8 Å². The predicted molar refractivity (Wildman–Crippen MR) is 115 cm³/mol. The topological polar surface area (TPSA) is 112 Å². The molecule has 4 heterocycles. The molecule has 3 aromatic rings. The third kappa shape index (κ3) is 4.01. The average Bonchev–Trinajstić information content (AvgIpc) is 2.79. The molecule has 0 radical (unpaired) electrons. The smallest absolute Gasteiger partial charge is 0.235 e. The van der Waals surface area contributed by atoms with Gasteiger partial charge in [0.1, 0.15) is 17.6 Å². The van der Waals surface area contributed by atoms with Crippen LogP contribution in [0.4, 0.5) is 5.82 Å².